The first-order valence-corrected chi connectivity index (χ1v) is 17.3. The number of likely N-dealkylation sites (N-methyl/N-ethyl adjacent to an activating group) is 2. The van der Waals surface area contributed by atoms with Crippen LogP contribution in [0, 0.1) is 5.92 Å². The zero-order valence-electron chi connectivity index (χ0n) is 30.2. The molecule has 2 rings (SSSR count). The van der Waals surface area contributed by atoms with Gasteiger partial charge in [0.1, 0.15) is 17.5 Å². The Kier molecular flexibility index (Phi) is 15.9. The molecular weight excluding hydrogens is 604 g/mol. The van der Waals surface area contributed by atoms with Gasteiger partial charge >= 0.3 is 12.1 Å². The van der Waals surface area contributed by atoms with Gasteiger partial charge in [-0.05, 0) is 90.1 Å². The van der Waals surface area contributed by atoms with Crippen molar-refractivity contribution in [3.8, 4) is 0 Å². The molecule has 2 aliphatic heterocycles. The van der Waals surface area contributed by atoms with E-state index in [1.165, 1.54) is 4.90 Å². The molecule has 0 aromatic rings. The Balaban J connectivity index is 2.18. The van der Waals surface area contributed by atoms with Crippen molar-refractivity contribution in [3.05, 3.63) is 35.1 Å². The van der Waals surface area contributed by atoms with Gasteiger partial charge in [0.15, 0.2) is 12.2 Å². The van der Waals surface area contributed by atoms with E-state index in [9.17, 15) is 30.0 Å². The molecule has 8 unspecified atom stereocenters. The van der Waals surface area contributed by atoms with E-state index in [1.54, 1.807) is 33.0 Å². The van der Waals surface area contributed by atoms with E-state index in [4.69, 9.17) is 14.2 Å². The van der Waals surface area contributed by atoms with Gasteiger partial charge in [0.2, 0.25) is 0 Å². The van der Waals surface area contributed by atoms with Gasteiger partial charge in [0, 0.05) is 32.5 Å². The van der Waals surface area contributed by atoms with Crippen LogP contribution in [0.5, 0.6) is 0 Å². The SMILES string of the molecule is CCC(O)/C(C)=C1/OC1CC(C)(O)CC/C=C(\C)C1OC(=O)CC(O)CCC(C)(O)C(OC(=O)N(C)CCN(CC)CC)/C=C/C1C. The first-order valence-electron chi connectivity index (χ1n) is 17.3. The molecule has 0 bridgehead atoms. The van der Waals surface area contributed by atoms with Gasteiger partial charge in [-0.3, -0.25) is 4.79 Å². The van der Waals surface area contributed by atoms with E-state index in [1.807, 2.05) is 33.8 Å². The number of amides is 1. The Morgan fingerprint density at radius 2 is 1.85 bits per heavy atom. The molecule has 2 heterocycles. The molecule has 1 amide bonds. The second-order valence-corrected chi connectivity index (χ2v) is 13.9. The number of nitrogens with zero attached hydrogens (tertiary/aromatic N) is 2. The van der Waals surface area contributed by atoms with Crippen molar-refractivity contribution in [2.45, 2.75) is 142 Å². The summed E-state index contributed by atoms with van der Waals surface area (Å²) in [4.78, 5) is 29.6. The number of carbonyl (C=O) groups excluding carboxylic acids is 2. The van der Waals surface area contributed by atoms with Crippen molar-refractivity contribution in [1.82, 2.24) is 9.80 Å². The van der Waals surface area contributed by atoms with Crippen LogP contribution in [0.25, 0.3) is 0 Å². The zero-order valence-corrected chi connectivity index (χ0v) is 30.2. The molecule has 270 valence electrons. The highest BCUT2D eigenvalue weighted by Crippen LogP contribution is 2.39. The molecule has 0 spiro atoms. The van der Waals surface area contributed by atoms with Crippen molar-refractivity contribution in [2.24, 2.45) is 5.92 Å². The molecule has 4 N–H and O–H groups in total. The third-order valence-electron chi connectivity index (χ3n) is 9.51. The lowest BCUT2D eigenvalue weighted by Crippen LogP contribution is -2.45. The molecule has 11 heteroatoms. The maximum absolute atomic E-state index is 13.1. The van der Waals surface area contributed by atoms with Crippen molar-refractivity contribution in [2.75, 3.05) is 33.2 Å². The Labute approximate surface area is 282 Å². The van der Waals surface area contributed by atoms with Crippen molar-refractivity contribution in [1.29, 1.82) is 0 Å². The largest absolute Gasteiger partial charge is 0.483 e. The number of esters is 1. The number of hydrogen-bond acceptors (Lipinski definition) is 10. The van der Waals surface area contributed by atoms with Crippen molar-refractivity contribution >= 4 is 12.1 Å². The number of rotatable bonds is 14. The fraction of sp³-hybridized carbons (Fsp3) is 0.778. The molecule has 0 radical (unpaired) electrons. The molecule has 1 fully saturated rings. The summed E-state index contributed by atoms with van der Waals surface area (Å²) in [5, 5.41) is 43.1. The third kappa shape index (κ3) is 13.2. The minimum atomic E-state index is -1.49. The fourth-order valence-electron chi connectivity index (χ4n) is 5.87. The van der Waals surface area contributed by atoms with Crippen molar-refractivity contribution < 1.29 is 44.2 Å². The predicted molar refractivity (Wildman–Crippen MR) is 181 cm³/mol. The van der Waals surface area contributed by atoms with Gasteiger partial charge in [0.05, 0.1) is 24.2 Å². The molecule has 1 saturated heterocycles. The molecule has 0 saturated carbocycles. The van der Waals surface area contributed by atoms with Crippen LogP contribution < -0.4 is 0 Å². The van der Waals surface area contributed by atoms with Crippen LogP contribution >= 0.6 is 0 Å². The molecule has 0 aromatic carbocycles. The van der Waals surface area contributed by atoms with Crippen molar-refractivity contribution in [3.63, 3.8) is 0 Å². The van der Waals surface area contributed by atoms with Crippen LogP contribution in [-0.2, 0) is 19.0 Å². The number of epoxide rings is 1. The molecule has 47 heavy (non-hydrogen) atoms. The highest BCUT2D eigenvalue weighted by molar-refractivity contribution is 5.70. The number of ether oxygens (including phenoxy) is 3. The lowest BCUT2D eigenvalue weighted by molar-refractivity contribution is -0.151. The van der Waals surface area contributed by atoms with Crippen LogP contribution in [0.3, 0.4) is 0 Å². The second-order valence-electron chi connectivity index (χ2n) is 13.9. The lowest BCUT2D eigenvalue weighted by Gasteiger charge is -2.34. The standard InChI is InChI=1S/C36H62N2O9/c1-10-28(40)26(6)33-29(45-33)23-35(7,43)18-13-14-24(4)32-25(5)15-16-30(36(8,44)19-17-27(39)22-31(41)47-32)46-34(42)37(9)20-21-38(11-2)12-3/h14-16,25,27-30,32,39-40,43-44H,10-13,17-23H2,1-9H3/b16-15+,24-14+,33-26+. The zero-order chi connectivity index (χ0) is 35.5. The number of cyclic esters (lactones) is 1. The summed E-state index contributed by atoms with van der Waals surface area (Å²) in [6.07, 6.45) is 3.31. The highest BCUT2D eigenvalue weighted by atomic mass is 16.6. The van der Waals surface area contributed by atoms with E-state index in [2.05, 4.69) is 18.7 Å². The topological polar surface area (TPSA) is 153 Å². The van der Waals surface area contributed by atoms with Gasteiger partial charge in [-0.2, -0.15) is 0 Å². The highest BCUT2D eigenvalue weighted by Gasteiger charge is 2.41. The van der Waals surface area contributed by atoms with Gasteiger partial charge in [-0.1, -0.05) is 39.8 Å². The Morgan fingerprint density at radius 3 is 2.47 bits per heavy atom. The summed E-state index contributed by atoms with van der Waals surface area (Å²) in [6.45, 7) is 17.9. The molecule has 8 atom stereocenters. The summed E-state index contributed by atoms with van der Waals surface area (Å²) in [6, 6.07) is 0. The van der Waals surface area contributed by atoms with E-state index in [0.29, 0.717) is 38.8 Å². The van der Waals surface area contributed by atoms with Crippen LogP contribution in [0.15, 0.2) is 35.1 Å². The average molecular weight is 667 g/mol. The first-order chi connectivity index (χ1) is 21.9. The van der Waals surface area contributed by atoms with Crippen LogP contribution in [0.4, 0.5) is 4.79 Å². The average Bonchev–Trinajstić information content (AvgIpc) is 3.77. The Hall–Kier alpha value is -2.44. The van der Waals surface area contributed by atoms with E-state index < -0.39 is 47.7 Å². The second kappa shape index (κ2) is 18.4. The smallest absolute Gasteiger partial charge is 0.410 e. The molecule has 2 aliphatic rings. The van der Waals surface area contributed by atoms with Gasteiger partial charge < -0.3 is 44.4 Å². The minimum absolute atomic E-state index is 0.103. The summed E-state index contributed by atoms with van der Waals surface area (Å²) < 4.78 is 17.3. The molecule has 11 nitrogen and oxygen atoms in total. The number of carbonyl (C=O) groups is 2. The summed E-state index contributed by atoms with van der Waals surface area (Å²) in [7, 11) is 1.66. The van der Waals surface area contributed by atoms with Gasteiger partial charge in [-0.15, -0.1) is 0 Å². The van der Waals surface area contributed by atoms with E-state index in [-0.39, 0.29) is 31.3 Å². The first kappa shape index (κ1) is 40.7. The van der Waals surface area contributed by atoms with Crippen LogP contribution in [0.1, 0.15) is 100 Å². The van der Waals surface area contributed by atoms with Gasteiger partial charge in [-0.25, -0.2) is 4.79 Å². The predicted octanol–water partition coefficient (Wildman–Crippen LogP) is 4.48. The fourth-order valence-corrected chi connectivity index (χ4v) is 5.87. The third-order valence-corrected chi connectivity index (χ3v) is 9.51. The quantitative estimate of drug-likeness (QED) is 0.119. The summed E-state index contributed by atoms with van der Waals surface area (Å²) in [5.41, 5.74) is -0.920. The maximum atomic E-state index is 13.1. The minimum Gasteiger partial charge on any atom is -0.483 e. The summed E-state index contributed by atoms with van der Waals surface area (Å²) in [5.74, 6) is -0.149. The number of allylic oxidation sites excluding steroid dienone is 1. The summed E-state index contributed by atoms with van der Waals surface area (Å²) >= 11 is 0. The lowest BCUT2D eigenvalue weighted by atomic mass is 9.88. The number of hydrogen-bond donors (Lipinski definition) is 4. The molecular formula is C36H62N2O9. The Bertz CT molecular complexity index is 1110. The van der Waals surface area contributed by atoms with E-state index >= 15 is 0 Å². The van der Waals surface area contributed by atoms with E-state index in [0.717, 1.165) is 30.0 Å². The van der Waals surface area contributed by atoms with Gasteiger partial charge in [0.25, 0.3) is 0 Å². The molecule has 0 aliphatic carbocycles. The normalized spacial score (nSPS) is 31.0. The monoisotopic (exact) mass is 666 g/mol. The number of aliphatic hydroxyl groups excluding tert-OH is 2. The Morgan fingerprint density at radius 1 is 1.19 bits per heavy atom. The van der Waals surface area contributed by atoms with Crippen LogP contribution in [-0.4, -0.2) is 117 Å². The maximum Gasteiger partial charge on any atom is 0.410 e. The van der Waals surface area contributed by atoms with Crippen LogP contribution in [0.2, 0.25) is 0 Å². The number of aliphatic hydroxyl groups is 4. The molecule has 0 aromatic heterocycles.